The van der Waals surface area contributed by atoms with Gasteiger partial charge in [-0.1, -0.05) is 25.7 Å². The fraction of sp³-hybridized carbons (Fsp3) is 0.714. The summed E-state index contributed by atoms with van der Waals surface area (Å²) in [5, 5.41) is 0. The summed E-state index contributed by atoms with van der Waals surface area (Å²) in [6.45, 7) is 2.00. The minimum Gasteiger partial charge on any atom is -0.341 e. The molecule has 1 saturated carbocycles. The van der Waals surface area contributed by atoms with Crippen LogP contribution in [0.1, 0.15) is 49.8 Å². The summed E-state index contributed by atoms with van der Waals surface area (Å²) in [7, 11) is 2.12. The van der Waals surface area contributed by atoms with Crippen LogP contribution in [0.5, 0.6) is 0 Å². The number of aryl methyl sites for hydroxylation is 1. The van der Waals surface area contributed by atoms with E-state index in [4.69, 9.17) is 11.6 Å². The Bertz CT molecular complexity index is 387. The van der Waals surface area contributed by atoms with Crippen LogP contribution < -0.4 is 4.90 Å². The lowest BCUT2D eigenvalue weighted by Gasteiger charge is -2.27. The number of rotatable bonds is 3. The van der Waals surface area contributed by atoms with Crippen molar-refractivity contribution in [2.75, 3.05) is 11.9 Å². The predicted molar refractivity (Wildman–Crippen MR) is 76.2 cm³/mol. The van der Waals surface area contributed by atoms with Gasteiger partial charge >= 0.3 is 0 Å². The molecule has 100 valence electrons. The van der Waals surface area contributed by atoms with Crippen LogP contribution in [0, 0.1) is 6.92 Å². The Balaban J connectivity index is 2.11. The molecule has 0 spiro atoms. The molecule has 0 atom stereocenters. The van der Waals surface area contributed by atoms with Gasteiger partial charge in [-0.15, -0.1) is 11.6 Å². The molecule has 1 heterocycles. The molecule has 1 fully saturated rings. The van der Waals surface area contributed by atoms with Crippen LogP contribution in [0.15, 0.2) is 6.20 Å². The Kier molecular flexibility index (Phi) is 4.81. The molecule has 0 aromatic carbocycles. The summed E-state index contributed by atoms with van der Waals surface area (Å²) in [5.74, 6) is 1.33. The highest BCUT2D eigenvalue weighted by atomic mass is 35.5. The third-order valence-electron chi connectivity index (χ3n) is 3.90. The molecule has 1 aromatic heterocycles. The molecule has 0 aliphatic heterocycles. The maximum absolute atomic E-state index is 5.84. The monoisotopic (exact) mass is 267 g/mol. The molecule has 1 aliphatic rings. The summed E-state index contributed by atoms with van der Waals surface area (Å²) in [6.07, 6.45) is 9.77. The second-order valence-corrected chi connectivity index (χ2v) is 5.44. The molecule has 0 unspecified atom stereocenters. The summed E-state index contributed by atoms with van der Waals surface area (Å²) in [4.78, 5) is 11.3. The van der Waals surface area contributed by atoms with E-state index in [0.29, 0.717) is 11.9 Å². The van der Waals surface area contributed by atoms with Crippen LogP contribution in [-0.2, 0) is 5.88 Å². The van der Waals surface area contributed by atoms with E-state index in [2.05, 4.69) is 21.9 Å². The van der Waals surface area contributed by atoms with E-state index in [1.54, 1.807) is 0 Å². The van der Waals surface area contributed by atoms with Gasteiger partial charge in [-0.2, -0.15) is 0 Å². The standard InChI is InChI=1S/C14H22ClN3/c1-11-12(9-15)10-16-14(17-11)18(2)13-7-5-3-4-6-8-13/h10,13H,3-9H2,1-2H3. The maximum Gasteiger partial charge on any atom is 0.225 e. The Morgan fingerprint density at radius 1 is 1.28 bits per heavy atom. The summed E-state index contributed by atoms with van der Waals surface area (Å²) < 4.78 is 0. The highest BCUT2D eigenvalue weighted by Gasteiger charge is 2.19. The van der Waals surface area contributed by atoms with E-state index in [9.17, 15) is 0 Å². The average Bonchev–Trinajstić information content (AvgIpc) is 2.66. The Hall–Kier alpha value is -0.830. The highest BCUT2D eigenvalue weighted by molar-refractivity contribution is 6.17. The second-order valence-electron chi connectivity index (χ2n) is 5.17. The highest BCUT2D eigenvalue weighted by Crippen LogP contribution is 2.24. The lowest BCUT2D eigenvalue weighted by Crippen LogP contribution is -2.32. The molecular formula is C14H22ClN3. The zero-order valence-electron chi connectivity index (χ0n) is 11.3. The van der Waals surface area contributed by atoms with Crippen LogP contribution in [0.3, 0.4) is 0 Å². The van der Waals surface area contributed by atoms with Gasteiger partial charge in [-0.05, 0) is 19.8 Å². The minimum absolute atomic E-state index is 0.485. The fourth-order valence-electron chi connectivity index (χ4n) is 2.59. The van der Waals surface area contributed by atoms with E-state index in [-0.39, 0.29) is 0 Å². The SMILES string of the molecule is Cc1nc(N(C)C2CCCCCC2)ncc1CCl. The van der Waals surface area contributed by atoms with Gasteiger partial charge in [0.1, 0.15) is 0 Å². The van der Waals surface area contributed by atoms with Crippen molar-refractivity contribution in [1.82, 2.24) is 9.97 Å². The molecule has 2 rings (SSSR count). The third kappa shape index (κ3) is 3.14. The number of hydrogen-bond donors (Lipinski definition) is 0. The van der Waals surface area contributed by atoms with Gasteiger partial charge in [0.05, 0.1) is 5.88 Å². The van der Waals surface area contributed by atoms with Crippen molar-refractivity contribution in [1.29, 1.82) is 0 Å². The first-order chi connectivity index (χ1) is 8.72. The number of aromatic nitrogens is 2. The molecular weight excluding hydrogens is 246 g/mol. The van der Waals surface area contributed by atoms with Crippen LogP contribution >= 0.6 is 11.6 Å². The van der Waals surface area contributed by atoms with Crippen molar-refractivity contribution in [3.8, 4) is 0 Å². The van der Waals surface area contributed by atoms with Crippen molar-refractivity contribution < 1.29 is 0 Å². The van der Waals surface area contributed by atoms with Crippen molar-refractivity contribution in [3.05, 3.63) is 17.5 Å². The Morgan fingerprint density at radius 2 is 1.94 bits per heavy atom. The molecule has 18 heavy (non-hydrogen) atoms. The summed E-state index contributed by atoms with van der Waals surface area (Å²) >= 11 is 5.84. The average molecular weight is 268 g/mol. The Labute approximate surface area is 115 Å². The molecule has 0 radical (unpaired) electrons. The number of halogens is 1. The topological polar surface area (TPSA) is 29.0 Å². The van der Waals surface area contributed by atoms with Gasteiger partial charge < -0.3 is 4.90 Å². The number of hydrogen-bond acceptors (Lipinski definition) is 3. The first kappa shape index (κ1) is 13.6. The van der Waals surface area contributed by atoms with Crippen LogP contribution in [0.4, 0.5) is 5.95 Å². The number of alkyl halides is 1. The lowest BCUT2D eigenvalue weighted by molar-refractivity contribution is 0.544. The van der Waals surface area contributed by atoms with Gasteiger partial charge in [0.25, 0.3) is 0 Å². The molecule has 3 nitrogen and oxygen atoms in total. The number of anilines is 1. The molecule has 0 N–H and O–H groups in total. The number of nitrogens with zero attached hydrogens (tertiary/aromatic N) is 3. The van der Waals surface area contributed by atoms with Crippen LogP contribution in [0.25, 0.3) is 0 Å². The Morgan fingerprint density at radius 3 is 2.50 bits per heavy atom. The molecule has 0 bridgehead atoms. The van der Waals surface area contributed by atoms with Crippen molar-refractivity contribution in [2.24, 2.45) is 0 Å². The van der Waals surface area contributed by atoms with Gasteiger partial charge in [-0.25, -0.2) is 9.97 Å². The van der Waals surface area contributed by atoms with E-state index in [0.717, 1.165) is 17.2 Å². The van der Waals surface area contributed by atoms with Crippen LogP contribution in [-0.4, -0.2) is 23.1 Å². The minimum atomic E-state index is 0.485. The first-order valence-electron chi connectivity index (χ1n) is 6.83. The summed E-state index contributed by atoms with van der Waals surface area (Å²) in [5.41, 5.74) is 2.02. The fourth-order valence-corrected chi connectivity index (χ4v) is 2.85. The lowest BCUT2D eigenvalue weighted by atomic mass is 10.1. The van der Waals surface area contributed by atoms with Gasteiger partial charge in [0.2, 0.25) is 5.95 Å². The van der Waals surface area contributed by atoms with Gasteiger partial charge in [0, 0.05) is 30.5 Å². The van der Waals surface area contributed by atoms with E-state index >= 15 is 0 Å². The maximum atomic E-state index is 5.84. The molecule has 1 aliphatic carbocycles. The van der Waals surface area contributed by atoms with E-state index in [1.807, 2.05) is 13.1 Å². The summed E-state index contributed by atoms with van der Waals surface area (Å²) in [6, 6.07) is 0.591. The van der Waals surface area contributed by atoms with E-state index in [1.165, 1.54) is 38.5 Å². The molecule has 1 aromatic rings. The first-order valence-corrected chi connectivity index (χ1v) is 7.37. The van der Waals surface area contributed by atoms with Crippen molar-refractivity contribution in [2.45, 2.75) is 57.4 Å². The molecule has 0 amide bonds. The molecule has 4 heteroatoms. The van der Waals surface area contributed by atoms with Crippen molar-refractivity contribution >= 4 is 17.5 Å². The quantitative estimate of drug-likeness (QED) is 0.618. The third-order valence-corrected chi connectivity index (χ3v) is 4.19. The van der Waals surface area contributed by atoms with Crippen LogP contribution in [0.2, 0.25) is 0 Å². The van der Waals surface area contributed by atoms with Crippen molar-refractivity contribution in [3.63, 3.8) is 0 Å². The molecule has 0 saturated heterocycles. The van der Waals surface area contributed by atoms with E-state index < -0.39 is 0 Å². The normalized spacial score (nSPS) is 17.5. The zero-order valence-corrected chi connectivity index (χ0v) is 12.1. The smallest absolute Gasteiger partial charge is 0.225 e. The van der Waals surface area contributed by atoms with Gasteiger partial charge in [-0.3, -0.25) is 0 Å². The predicted octanol–water partition coefficient (Wildman–Crippen LogP) is 3.68. The zero-order chi connectivity index (χ0) is 13.0. The second kappa shape index (κ2) is 6.37. The van der Waals surface area contributed by atoms with Gasteiger partial charge in [0.15, 0.2) is 0 Å². The largest absolute Gasteiger partial charge is 0.341 e.